The van der Waals surface area contributed by atoms with Gasteiger partial charge in [0, 0.05) is 23.6 Å². The van der Waals surface area contributed by atoms with Gasteiger partial charge in [-0.05, 0) is 12.1 Å². The van der Waals surface area contributed by atoms with Gasteiger partial charge in [0.2, 0.25) is 5.91 Å². The third-order valence-corrected chi connectivity index (χ3v) is 2.31. The zero-order chi connectivity index (χ0) is 13.2. The van der Waals surface area contributed by atoms with Crippen molar-refractivity contribution in [3.63, 3.8) is 0 Å². The van der Waals surface area contributed by atoms with Crippen LogP contribution in [0.5, 0.6) is 0 Å². The molecule has 4 nitrogen and oxygen atoms in total. The van der Waals surface area contributed by atoms with Gasteiger partial charge in [0.15, 0.2) is 0 Å². The Morgan fingerprint density at radius 1 is 1.29 bits per heavy atom. The van der Waals surface area contributed by atoms with Gasteiger partial charge < -0.3 is 0 Å². The number of imide groups is 1. The molecule has 2 amide bonds. The molecule has 1 heterocycles. The van der Waals surface area contributed by atoms with Crippen molar-refractivity contribution in [2.45, 2.75) is 33.1 Å². The highest BCUT2D eigenvalue weighted by atomic mass is 35.5. The van der Waals surface area contributed by atoms with Crippen LogP contribution in [0.1, 0.15) is 43.7 Å². The molecule has 1 aromatic heterocycles. The van der Waals surface area contributed by atoms with Crippen molar-refractivity contribution in [2.75, 3.05) is 0 Å². The first-order chi connectivity index (χ1) is 7.70. The van der Waals surface area contributed by atoms with E-state index < -0.39 is 11.8 Å². The number of aromatic nitrogens is 1. The first-order valence-corrected chi connectivity index (χ1v) is 5.58. The van der Waals surface area contributed by atoms with Gasteiger partial charge in [-0.2, -0.15) is 0 Å². The molecule has 0 aromatic carbocycles. The minimum atomic E-state index is -0.465. The quantitative estimate of drug-likeness (QED) is 0.783. The van der Waals surface area contributed by atoms with Gasteiger partial charge >= 0.3 is 0 Å². The second-order valence-electron chi connectivity index (χ2n) is 4.82. The Kier molecular flexibility index (Phi) is 3.88. The molecule has 92 valence electrons. The van der Waals surface area contributed by atoms with Crippen molar-refractivity contribution in [1.82, 2.24) is 10.3 Å². The molecular weight excluding hydrogens is 240 g/mol. The van der Waals surface area contributed by atoms with Gasteiger partial charge in [-0.15, -0.1) is 0 Å². The van der Waals surface area contributed by atoms with Crippen LogP contribution in [0.25, 0.3) is 0 Å². The van der Waals surface area contributed by atoms with E-state index in [0.29, 0.717) is 11.3 Å². The lowest BCUT2D eigenvalue weighted by molar-refractivity contribution is -0.118. The van der Waals surface area contributed by atoms with Crippen LogP contribution in [0.4, 0.5) is 0 Å². The van der Waals surface area contributed by atoms with Gasteiger partial charge in [-0.3, -0.25) is 14.9 Å². The highest BCUT2D eigenvalue weighted by molar-refractivity contribution is 6.29. The second kappa shape index (κ2) is 4.84. The van der Waals surface area contributed by atoms with E-state index in [0.717, 1.165) is 0 Å². The largest absolute Gasteiger partial charge is 0.293 e. The van der Waals surface area contributed by atoms with Crippen LogP contribution in [-0.2, 0) is 10.2 Å². The van der Waals surface area contributed by atoms with E-state index in [1.807, 2.05) is 20.8 Å². The Morgan fingerprint density at radius 2 is 1.88 bits per heavy atom. The van der Waals surface area contributed by atoms with E-state index in [1.165, 1.54) is 13.0 Å². The molecule has 5 heteroatoms. The zero-order valence-electron chi connectivity index (χ0n) is 10.3. The molecule has 0 spiro atoms. The van der Waals surface area contributed by atoms with Crippen LogP contribution >= 0.6 is 11.6 Å². The molecule has 1 aromatic rings. The Labute approximate surface area is 105 Å². The fourth-order valence-electron chi connectivity index (χ4n) is 1.24. The average Bonchev–Trinajstić information content (AvgIpc) is 2.14. The van der Waals surface area contributed by atoms with Crippen molar-refractivity contribution in [3.8, 4) is 0 Å². The maximum atomic E-state index is 11.7. The van der Waals surface area contributed by atoms with Gasteiger partial charge in [0.25, 0.3) is 5.91 Å². The number of nitrogens with one attached hydrogen (secondary N) is 1. The van der Waals surface area contributed by atoms with Gasteiger partial charge in [-0.1, -0.05) is 32.4 Å². The minimum absolute atomic E-state index is 0.212. The fourth-order valence-corrected chi connectivity index (χ4v) is 1.45. The summed E-state index contributed by atoms with van der Waals surface area (Å²) in [6.45, 7) is 7.19. The van der Waals surface area contributed by atoms with E-state index in [9.17, 15) is 9.59 Å². The first-order valence-electron chi connectivity index (χ1n) is 5.20. The standard InChI is InChI=1S/C12H15ClN2O2/c1-7(16)14-11(17)8-5-9(12(2,3)4)15-10(13)6-8/h5-6H,1-4H3,(H,14,16,17). The predicted octanol–water partition coefficient (Wildman–Crippen LogP) is 2.31. The van der Waals surface area contributed by atoms with Crippen molar-refractivity contribution < 1.29 is 9.59 Å². The number of hydrogen-bond acceptors (Lipinski definition) is 3. The number of rotatable bonds is 1. The summed E-state index contributed by atoms with van der Waals surface area (Å²) < 4.78 is 0. The molecule has 0 fully saturated rings. The lowest BCUT2D eigenvalue weighted by Gasteiger charge is -2.18. The summed E-state index contributed by atoms with van der Waals surface area (Å²) in [5, 5.41) is 2.44. The molecular formula is C12H15ClN2O2. The molecule has 17 heavy (non-hydrogen) atoms. The van der Waals surface area contributed by atoms with Crippen LogP contribution in [0.15, 0.2) is 12.1 Å². The maximum Gasteiger partial charge on any atom is 0.258 e. The number of pyridine rings is 1. The van der Waals surface area contributed by atoms with Crippen molar-refractivity contribution >= 4 is 23.4 Å². The summed E-state index contributed by atoms with van der Waals surface area (Å²) in [5.41, 5.74) is 0.833. The summed E-state index contributed by atoms with van der Waals surface area (Å²) >= 11 is 5.86. The van der Waals surface area contributed by atoms with Crippen LogP contribution in [0, 0.1) is 0 Å². The molecule has 0 radical (unpaired) electrons. The summed E-state index contributed by atoms with van der Waals surface area (Å²) in [5.74, 6) is -0.868. The number of hydrogen-bond donors (Lipinski definition) is 1. The molecule has 0 saturated carbocycles. The fraction of sp³-hybridized carbons (Fsp3) is 0.417. The second-order valence-corrected chi connectivity index (χ2v) is 5.21. The van der Waals surface area contributed by atoms with Gasteiger partial charge in [0.1, 0.15) is 5.15 Å². The molecule has 0 saturated heterocycles. The first kappa shape index (κ1) is 13.6. The molecule has 1 rings (SSSR count). The molecule has 0 bridgehead atoms. The number of carbonyl (C=O) groups excluding carboxylic acids is 2. The zero-order valence-corrected chi connectivity index (χ0v) is 11.1. The van der Waals surface area contributed by atoms with Crippen molar-refractivity contribution in [2.24, 2.45) is 0 Å². The Hall–Kier alpha value is -1.42. The third-order valence-electron chi connectivity index (χ3n) is 2.11. The van der Waals surface area contributed by atoms with Crippen molar-refractivity contribution in [3.05, 3.63) is 28.5 Å². The monoisotopic (exact) mass is 254 g/mol. The molecule has 0 aliphatic heterocycles. The lowest BCUT2D eigenvalue weighted by atomic mass is 9.91. The molecule has 0 aliphatic rings. The summed E-state index contributed by atoms with van der Waals surface area (Å²) in [6.07, 6.45) is 0. The SMILES string of the molecule is CC(=O)NC(=O)c1cc(Cl)nc(C(C)(C)C)c1. The smallest absolute Gasteiger partial charge is 0.258 e. The summed E-state index contributed by atoms with van der Waals surface area (Å²) in [4.78, 5) is 26.6. The van der Waals surface area contributed by atoms with Crippen LogP contribution < -0.4 is 5.32 Å². The Balaban J connectivity index is 3.14. The van der Waals surface area contributed by atoms with Crippen LogP contribution in [0.3, 0.4) is 0 Å². The molecule has 0 atom stereocenters. The van der Waals surface area contributed by atoms with Crippen LogP contribution in [0.2, 0.25) is 5.15 Å². The van der Waals surface area contributed by atoms with Crippen molar-refractivity contribution in [1.29, 1.82) is 0 Å². The highest BCUT2D eigenvalue weighted by Gasteiger charge is 2.19. The van der Waals surface area contributed by atoms with Crippen LogP contribution in [-0.4, -0.2) is 16.8 Å². The minimum Gasteiger partial charge on any atom is -0.293 e. The van der Waals surface area contributed by atoms with Gasteiger partial charge in [0.05, 0.1) is 0 Å². The van der Waals surface area contributed by atoms with E-state index in [2.05, 4.69) is 10.3 Å². The highest BCUT2D eigenvalue weighted by Crippen LogP contribution is 2.23. The van der Waals surface area contributed by atoms with E-state index in [1.54, 1.807) is 6.07 Å². The number of nitrogens with zero attached hydrogens (tertiary/aromatic N) is 1. The summed E-state index contributed by atoms with van der Waals surface area (Å²) in [6, 6.07) is 3.08. The normalized spacial score (nSPS) is 11.1. The average molecular weight is 255 g/mol. The molecule has 0 aliphatic carbocycles. The number of amides is 2. The summed E-state index contributed by atoms with van der Waals surface area (Å²) in [7, 11) is 0. The molecule has 0 unspecified atom stereocenters. The topological polar surface area (TPSA) is 59.1 Å². The van der Waals surface area contributed by atoms with Gasteiger partial charge in [-0.25, -0.2) is 4.98 Å². The maximum absolute atomic E-state index is 11.7. The molecule has 1 N–H and O–H groups in total. The Bertz CT molecular complexity index is 464. The number of carbonyl (C=O) groups is 2. The lowest BCUT2D eigenvalue weighted by Crippen LogP contribution is -2.28. The van der Waals surface area contributed by atoms with E-state index in [4.69, 9.17) is 11.6 Å². The van der Waals surface area contributed by atoms with E-state index in [-0.39, 0.29) is 10.6 Å². The Morgan fingerprint density at radius 3 is 2.35 bits per heavy atom. The number of halogens is 1. The third kappa shape index (κ3) is 3.82. The predicted molar refractivity (Wildman–Crippen MR) is 66.1 cm³/mol. The van der Waals surface area contributed by atoms with E-state index >= 15 is 0 Å².